The molecule has 0 bridgehead atoms. The second kappa shape index (κ2) is 6.00. The Balaban J connectivity index is 2.14. The molecule has 23 heavy (non-hydrogen) atoms. The van der Waals surface area contributed by atoms with Crippen LogP contribution in [-0.4, -0.2) is 33.2 Å². The van der Waals surface area contributed by atoms with E-state index in [1.165, 1.54) is 10.9 Å². The highest BCUT2D eigenvalue weighted by Crippen LogP contribution is 2.19. The number of aromatic nitrogens is 3. The molecular formula is C17H15N3O3. The van der Waals surface area contributed by atoms with Gasteiger partial charge in [0.1, 0.15) is 0 Å². The first kappa shape index (κ1) is 14.9. The summed E-state index contributed by atoms with van der Waals surface area (Å²) in [4.78, 5) is 28.8. The summed E-state index contributed by atoms with van der Waals surface area (Å²) >= 11 is 0. The molecule has 0 saturated heterocycles. The lowest BCUT2D eigenvalue weighted by atomic mass is 10.1. The molecule has 0 aliphatic heterocycles. The highest BCUT2D eigenvalue weighted by molar-refractivity contribution is 6.07. The summed E-state index contributed by atoms with van der Waals surface area (Å²) in [6, 6.07) is 8.86. The molecule has 6 nitrogen and oxygen atoms in total. The summed E-state index contributed by atoms with van der Waals surface area (Å²) in [5.74, 6) is -0.873. The van der Waals surface area contributed by atoms with E-state index in [0.717, 1.165) is 5.56 Å². The standard InChI is InChI=1S/C17H15N3O3/c1-3-23-17(22)15-13-10-18-8-7-14(13)20(19-15)16(21)12-6-4-5-11(2)9-12/h4-10H,3H2,1-2H3. The normalized spacial score (nSPS) is 10.7. The van der Waals surface area contributed by atoms with Crippen molar-refractivity contribution in [3.8, 4) is 0 Å². The van der Waals surface area contributed by atoms with Crippen LogP contribution in [-0.2, 0) is 4.74 Å². The maximum atomic E-state index is 12.7. The number of carbonyl (C=O) groups is 2. The van der Waals surface area contributed by atoms with E-state index in [-0.39, 0.29) is 18.2 Å². The molecule has 2 heterocycles. The van der Waals surface area contributed by atoms with E-state index >= 15 is 0 Å². The Morgan fingerprint density at radius 1 is 1.26 bits per heavy atom. The summed E-state index contributed by atoms with van der Waals surface area (Å²) in [5, 5.41) is 4.66. The van der Waals surface area contributed by atoms with Crippen molar-refractivity contribution < 1.29 is 14.3 Å². The molecular weight excluding hydrogens is 294 g/mol. The third-order valence-electron chi connectivity index (χ3n) is 3.41. The van der Waals surface area contributed by atoms with Crippen LogP contribution >= 0.6 is 0 Å². The summed E-state index contributed by atoms with van der Waals surface area (Å²) in [6.07, 6.45) is 3.06. The SMILES string of the molecule is CCOC(=O)c1nn(C(=O)c2cccc(C)c2)c2ccncc12. The molecule has 0 aliphatic carbocycles. The van der Waals surface area contributed by atoms with Crippen molar-refractivity contribution >= 4 is 22.8 Å². The number of aryl methyl sites for hydroxylation is 1. The molecule has 0 aliphatic rings. The first-order valence-corrected chi connectivity index (χ1v) is 7.23. The second-order valence-corrected chi connectivity index (χ2v) is 5.05. The van der Waals surface area contributed by atoms with Gasteiger partial charge in [-0.25, -0.2) is 4.79 Å². The third kappa shape index (κ3) is 2.70. The highest BCUT2D eigenvalue weighted by Gasteiger charge is 2.22. The van der Waals surface area contributed by atoms with E-state index in [2.05, 4.69) is 10.1 Å². The monoisotopic (exact) mass is 309 g/mol. The Labute approximate surface area is 132 Å². The van der Waals surface area contributed by atoms with Gasteiger partial charge in [0, 0.05) is 18.0 Å². The lowest BCUT2D eigenvalue weighted by molar-refractivity contribution is 0.0521. The molecule has 0 N–H and O–H groups in total. The maximum absolute atomic E-state index is 12.7. The molecule has 6 heteroatoms. The van der Waals surface area contributed by atoms with Crippen molar-refractivity contribution in [2.45, 2.75) is 13.8 Å². The van der Waals surface area contributed by atoms with Crippen molar-refractivity contribution in [2.75, 3.05) is 6.61 Å². The molecule has 2 aromatic heterocycles. The number of benzene rings is 1. The molecule has 0 radical (unpaired) electrons. The number of esters is 1. The Bertz CT molecular complexity index is 899. The molecule has 0 amide bonds. The Morgan fingerprint density at radius 3 is 2.83 bits per heavy atom. The Kier molecular flexibility index (Phi) is 3.89. The molecule has 0 unspecified atom stereocenters. The van der Waals surface area contributed by atoms with Gasteiger partial charge in [-0.3, -0.25) is 9.78 Å². The van der Waals surface area contributed by atoms with Crippen LogP contribution in [0, 0.1) is 6.92 Å². The minimum absolute atomic E-state index is 0.0935. The van der Waals surface area contributed by atoms with E-state index in [9.17, 15) is 9.59 Å². The van der Waals surface area contributed by atoms with Crippen LogP contribution in [0.2, 0.25) is 0 Å². The molecule has 0 saturated carbocycles. The zero-order valence-electron chi connectivity index (χ0n) is 12.8. The van der Waals surface area contributed by atoms with Crippen LogP contribution in [0.5, 0.6) is 0 Å². The number of fused-ring (bicyclic) bond motifs is 1. The average molecular weight is 309 g/mol. The van der Waals surface area contributed by atoms with Gasteiger partial charge in [-0.2, -0.15) is 9.78 Å². The molecule has 1 aromatic carbocycles. The molecule has 0 spiro atoms. The van der Waals surface area contributed by atoms with Crippen LogP contribution in [0.25, 0.3) is 10.9 Å². The van der Waals surface area contributed by atoms with Gasteiger partial charge in [-0.15, -0.1) is 0 Å². The van der Waals surface area contributed by atoms with Crippen molar-refractivity contribution in [1.29, 1.82) is 0 Å². The zero-order chi connectivity index (χ0) is 16.4. The topological polar surface area (TPSA) is 74.1 Å². The van der Waals surface area contributed by atoms with Gasteiger partial charge in [-0.1, -0.05) is 17.7 Å². The number of carbonyl (C=O) groups excluding carboxylic acids is 2. The third-order valence-corrected chi connectivity index (χ3v) is 3.41. The van der Waals surface area contributed by atoms with Gasteiger partial charge in [0.15, 0.2) is 5.69 Å². The summed E-state index contributed by atoms with van der Waals surface area (Å²) in [6.45, 7) is 3.86. The number of hydrogen-bond acceptors (Lipinski definition) is 5. The quantitative estimate of drug-likeness (QED) is 0.695. The van der Waals surface area contributed by atoms with Crippen molar-refractivity contribution in [2.24, 2.45) is 0 Å². The number of hydrogen-bond donors (Lipinski definition) is 0. The van der Waals surface area contributed by atoms with E-state index in [0.29, 0.717) is 16.5 Å². The highest BCUT2D eigenvalue weighted by atomic mass is 16.5. The van der Waals surface area contributed by atoms with Gasteiger partial charge >= 0.3 is 5.97 Å². The Hall–Kier alpha value is -3.02. The fourth-order valence-electron chi connectivity index (χ4n) is 2.37. The van der Waals surface area contributed by atoms with Crippen LogP contribution < -0.4 is 0 Å². The Morgan fingerprint density at radius 2 is 2.09 bits per heavy atom. The van der Waals surface area contributed by atoms with Crippen LogP contribution in [0.1, 0.15) is 33.3 Å². The second-order valence-electron chi connectivity index (χ2n) is 5.05. The number of pyridine rings is 1. The van der Waals surface area contributed by atoms with E-state index < -0.39 is 5.97 Å². The van der Waals surface area contributed by atoms with Crippen molar-refractivity contribution in [3.05, 3.63) is 59.5 Å². The van der Waals surface area contributed by atoms with Gasteiger partial charge in [0.25, 0.3) is 5.91 Å². The molecule has 0 fully saturated rings. The van der Waals surface area contributed by atoms with Gasteiger partial charge < -0.3 is 4.74 Å². The van der Waals surface area contributed by atoms with Gasteiger partial charge in [0.2, 0.25) is 0 Å². The number of ether oxygens (including phenoxy) is 1. The number of rotatable bonds is 3. The number of nitrogens with zero attached hydrogens (tertiary/aromatic N) is 3. The van der Waals surface area contributed by atoms with E-state index in [1.54, 1.807) is 31.3 Å². The first-order chi connectivity index (χ1) is 11.1. The smallest absolute Gasteiger partial charge is 0.359 e. The van der Waals surface area contributed by atoms with Crippen LogP contribution in [0.3, 0.4) is 0 Å². The minimum atomic E-state index is -0.568. The fourth-order valence-corrected chi connectivity index (χ4v) is 2.37. The molecule has 0 atom stereocenters. The summed E-state index contributed by atoms with van der Waals surface area (Å²) < 4.78 is 6.22. The fraction of sp³-hybridized carbons (Fsp3) is 0.176. The molecule has 3 rings (SSSR count). The van der Waals surface area contributed by atoms with E-state index in [4.69, 9.17) is 4.74 Å². The van der Waals surface area contributed by atoms with E-state index in [1.807, 2.05) is 19.1 Å². The van der Waals surface area contributed by atoms with Crippen molar-refractivity contribution in [1.82, 2.24) is 14.8 Å². The first-order valence-electron chi connectivity index (χ1n) is 7.23. The van der Waals surface area contributed by atoms with Gasteiger partial charge in [0.05, 0.1) is 17.5 Å². The summed E-state index contributed by atoms with van der Waals surface area (Å²) in [7, 11) is 0. The average Bonchev–Trinajstić information content (AvgIpc) is 2.94. The lowest BCUT2D eigenvalue weighted by Gasteiger charge is -2.03. The van der Waals surface area contributed by atoms with Crippen LogP contribution in [0.15, 0.2) is 42.7 Å². The molecule has 3 aromatic rings. The lowest BCUT2D eigenvalue weighted by Crippen LogP contribution is -2.15. The predicted octanol–water partition coefficient (Wildman–Crippen LogP) is 2.60. The zero-order valence-corrected chi connectivity index (χ0v) is 12.8. The van der Waals surface area contributed by atoms with Crippen LogP contribution in [0.4, 0.5) is 0 Å². The predicted molar refractivity (Wildman–Crippen MR) is 84.4 cm³/mol. The molecule has 116 valence electrons. The minimum Gasteiger partial charge on any atom is -0.461 e. The van der Waals surface area contributed by atoms with Gasteiger partial charge in [-0.05, 0) is 32.0 Å². The maximum Gasteiger partial charge on any atom is 0.359 e. The summed E-state index contributed by atoms with van der Waals surface area (Å²) in [5.41, 5.74) is 2.09. The van der Waals surface area contributed by atoms with Crippen molar-refractivity contribution in [3.63, 3.8) is 0 Å². The largest absolute Gasteiger partial charge is 0.461 e.